The lowest BCUT2D eigenvalue weighted by Gasteiger charge is -2.31. The van der Waals surface area contributed by atoms with Gasteiger partial charge in [0.25, 0.3) is 0 Å². The van der Waals surface area contributed by atoms with Gasteiger partial charge in [0, 0.05) is 18.5 Å². The van der Waals surface area contributed by atoms with Crippen molar-refractivity contribution in [3.8, 4) is 0 Å². The molecule has 1 aromatic rings. The lowest BCUT2D eigenvalue weighted by molar-refractivity contribution is 0.00692. The van der Waals surface area contributed by atoms with Crippen LogP contribution in [0.4, 0.5) is 10.5 Å². The first-order valence-electron chi connectivity index (χ1n) is 8.33. The van der Waals surface area contributed by atoms with Gasteiger partial charge in [0.1, 0.15) is 11.2 Å². The fourth-order valence-electron chi connectivity index (χ4n) is 3.08. The molecule has 1 aromatic carbocycles. The van der Waals surface area contributed by atoms with Gasteiger partial charge >= 0.3 is 12.1 Å². The summed E-state index contributed by atoms with van der Waals surface area (Å²) in [5.74, 6) is -0.368. The Balaban J connectivity index is 1.72. The highest BCUT2D eigenvalue weighted by molar-refractivity contribution is 5.93. The highest BCUT2D eigenvalue weighted by atomic mass is 16.6. The number of benzene rings is 1. The van der Waals surface area contributed by atoms with Crippen LogP contribution in [0.5, 0.6) is 0 Å². The molecule has 2 saturated heterocycles. The summed E-state index contributed by atoms with van der Waals surface area (Å²) in [6.07, 6.45) is 1.33. The molecule has 3 rings (SSSR count). The Morgan fingerprint density at radius 2 is 1.83 bits per heavy atom. The standard InChI is InChI=1S/C18H24N2O4/c1-17(2,3)23-15(21)13-4-6-14(7-5-13)20-12-18(24-16(20)22)8-10-19-11-9-18/h4-7,19H,8-12H2,1-3H3. The number of piperidine rings is 1. The van der Waals surface area contributed by atoms with Crippen LogP contribution in [0.2, 0.25) is 0 Å². The molecule has 130 valence electrons. The average Bonchev–Trinajstić information content (AvgIpc) is 2.82. The SMILES string of the molecule is CC(C)(C)OC(=O)c1ccc(N2CC3(CCNCC3)OC2=O)cc1. The van der Waals surface area contributed by atoms with Crippen molar-refractivity contribution in [1.82, 2.24) is 5.32 Å². The summed E-state index contributed by atoms with van der Waals surface area (Å²) >= 11 is 0. The quantitative estimate of drug-likeness (QED) is 0.844. The highest BCUT2D eigenvalue weighted by Crippen LogP contribution is 2.34. The zero-order chi connectivity index (χ0) is 17.4. The van der Waals surface area contributed by atoms with Gasteiger partial charge in [-0.3, -0.25) is 4.90 Å². The van der Waals surface area contributed by atoms with Crippen molar-refractivity contribution in [2.24, 2.45) is 0 Å². The fourth-order valence-corrected chi connectivity index (χ4v) is 3.08. The van der Waals surface area contributed by atoms with Crippen LogP contribution >= 0.6 is 0 Å². The summed E-state index contributed by atoms with van der Waals surface area (Å²) in [4.78, 5) is 26.0. The number of esters is 1. The van der Waals surface area contributed by atoms with Crippen molar-refractivity contribution in [2.75, 3.05) is 24.5 Å². The number of ether oxygens (including phenoxy) is 2. The summed E-state index contributed by atoms with van der Waals surface area (Å²) < 4.78 is 11.0. The molecule has 0 radical (unpaired) electrons. The van der Waals surface area contributed by atoms with E-state index in [-0.39, 0.29) is 17.7 Å². The Labute approximate surface area is 142 Å². The van der Waals surface area contributed by atoms with Crippen LogP contribution in [0.3, 0.4) is 0 Å². The third kappa shape index (κ3) is 3.53. The van der Waals surface area contributed by atoms with Crippen molar-refractivity contribution < 1.29 is 19.1 Å². The number of hydrogen-bond donors (Lipinski definition) is 1. The number of hydrogen-bond acceptors (Lipinski definition) is 5. The zero-order valence-corrected chi connectivity index (χ0v) is 14.4. The monoisotopic (exact) mass is 332 g/mol. The summed E-state index contributed by atoms with van der Waals surface area (Å²) in [6, 6.07) is 6.90. The van der Waals surface area contributed by atoms with Gasteiger partial charge in [-0.2, -0.15) is 0 Å². The maximum Gasteiger partial charge on any atom is 0.415 e. The number of carbonyl (C=O) groups excluding carboxylic acids is 2. The van der Waals surface area contributed by atoms with Crippen LogP contribution in [0.25, 0.3) is 0 Å². The number of nitrogens with zero attached hydrogens (tertiary/aromatic N) is 1. The van der Waals surface area contributed by atoms with E-state index in [1.165, 1.54) is 0 Å². The zero-order valence-electron chi connectivity index (χ0n) is 14.4. The molecule has 0 aromatic heterocycles. The van der Waals surface area contributed by atoms with Gasteiger partial charge in [-0.05, 0) is 58.1 Å². The molecule has 0 unspecified atom stereocenters. The van der Waals surface area contributed by atoms with E-state index < -0.39 is 5.60 Å². The first-order valence-corrected chi connectivity index (χ1v) is 8.33. The van der Waals surface area contributed by atoms with E-state index in [0.717, 1.165) is 31.6 Å². The molecular weight excluding hydrogens is 308 g/mol. The molecule has 0 bridgehead atoms. The van der Waals surface area contributed by atoms with Crippen LogP contribution in [0.15, 0.2) is 24.3 Å². The van der Waals surface area contributed by atoms with E-state index >= 15 is 0 Å². The molecular formula is C18H24N2O4. The van der Waals surface area contributed by atoms with Crippen LogP contribution in [-0.4, -0.2) is 42.9 Å². The lowest BCUT2D eigenvalue weighted by atomic mass is 9.92. The van der Waals surface area contributed by atoms with Gasteiger partial charge in [-0.25, -0.2) is 9.59 Å². The van der Waals surface area contributed by atoms with Crippen molar-refractivity contribution in [1.29, 1.82) is 0 Å². The third-order valence-electron chi connectivity index (χ3n) is 4.30. The normalized spacial score (nSPS) is 20.1. The highest BCUT2D eigenvalue weighted by Gasteiger charge is 2.46. The number of nitrogens with one attached hydrogen (secondary N) is 1. The molecule has 0 aliphatic carbocycles. The lowest BCUT2D eigenvalue weighted by Crippen LogP contribution is -2.44. The summed E-state index contributed by atoms with van der Waals surface area (Å²) in [7, 11) is 0. The largest absolute Gasteiger partial charge is 0.456 e. The molecule has 1 spiro atoms. The first-order chi connectivity index (χ1) is 11.3. The smallest absolute Gasteiger partial charge is 0.415 e. The molecule has 2 aliphatic rings. The van der Waals surface area contributed by atoms with Crippen molar-refractivity contribution in [2.45, 2.75) is 44.8 Å². The minimum atomic E-state index is -0.532. The molecule has 2 fully saturated rings. The second kappa shape index (κ2) is 6.09. The third-order valence-corrected chi connectivity index (χ3v) is 4.30. The molecule has 6 nitrogen and oxygen atoms in total. The molecule has 0 atom stereocenters. The molecule has 24 heavy (non-hydrogen) atoms. The Hall–Kier alpha value is -2.08. The summed E-state index contributed by atoms with van der Waals surface area (Å²) in [5, 5.41) is 3.28. The van der Waals surface area contributed by atoms with Gasteiger partial charge in [0.2, 0.25) is 0 Å². The van der Waals surface area contributed by atoms with Crippen molar-refractivity contribution in [3.05, 3.63) is 29.8 Å². The Bertz CT molecular complexity index is 627. The van der Waals surface area contributed by atoms with E-state index in [2.05, 4.69) is 5.32 Å². The summed E-state index contributed by atoms with van der Waals surface area (Å²) in [6.45, 7) is 7.77. The predicted molar refractivity (Wildman–Crippen MR) is 90.3 cm³/mol. The van der Waals surface area contributed by atoms with Gasteiger partial charge in [-0.15, -0.1) is 0 Å². The maximum absolute atomic E-state index is 12.2. The van der Waals surface area contributed by atoms with E-state index in [1.807, 2.05) is 20.8 Å². The van der Waals surface area contributed by atoms with E-state index in [9.17, 15) is 9.59 Å². The van der Waals surface area contributed by atoms with Gasteiger partial charge in [0.15, 0.2) is 0 Å². The predicted octanol–water partition coefficient (Wildman–Crippen LogP) is 2.72. The number of anilines is 1. The summed E-state index contributed by atoms with van der Waals surface area (Å²) in [5.41, 5.74) is 0.294. The second-order valence-electron chi connectivity index (χ2n) is 7.44. The Morgan fingerprint density at radius 3 is 2.42 bits per heavy atom. The average molecular weight is 332 g/mol. The number of amides is 1. The molecule has 2 aliphatic heterocycles. The molecule has 6 heteroatoms. The Kier molecular flexibility index (Phi) is 4.25. The first kappa shape index (κ1) is 16.8. The Morgan fingerprint density at radius 1 is 1.21 bits per heavy atom. The van der Waals surface area contributed by atoms with E-state index in [1.54, 1.807) is 29.2 Å². The minimum Gasteiger partial charge on any atom is -0.456 e. The van der Waals surface area contributed by atoms with E-state index in [0.29, 0.717) is 12.1 Å². The minimum absolute atomic E-state index is 0.318. The van der Waals surface area contributed by atoms with Crippen LogP contribution in [0, 0.1) is 0 Å². The van der Waals surface area contributed by atoms with Gasteiger partial charge in [0.05, 0.1) is 12.1 Å². The van der Waals surface area contributed by atoms with Crippen LogP contribution in [0.1, 0.15) is 44.0 Å². The van der Waals surface area contributed by atoms with Crippen LogP contribution < -0.4 is 10.2 Å². The molecule has 1 amide bonds. The number of carbonyl (C=O) groups is 2. The van der Waals surface area contributed by atoms with Gasteiger partial charge in [-0.1, -0.05) is 0 Å². The van der Waals surface area contributed by atoms with Crippen molar-refractivity contribution in [3.63, 3.8) is 0 Å². The molecule has 0 saturated carbocycles. The second-order valence-corrected chi connectivity index (χ2v) is 7.44. The molecule has 2 heterocycles. The van der Waals surface area contributed by atoms with Gasteiger partial charge < -0.3 is 14.8 Å². The number of rotatable bonds is 2. The maximum atomic E-state index is 12.2. The van der Waals surface area contributed by atoms with E-state index in [4.69, 9.17) is 9.47 Å². The van der Waals surface area contributed by atoms with Crippen molar-refractivity contribution >= 4 is 17.7 Å². The van der Waals surface area contributed by atoms with Crippen LogP contribution in [-0.2, 0) is 9.47 Å². The molecule has 1 N–H and O–H groups in total. The fraction of sp³-hybridized carbons (Fsp3) is 0.556. The topological polar surface area (TPSA) is 67.9 Å².